The first-order valence-corrected chi connectivity index (χ1v) is 8.05. The maximum absolute atomic E-state index is 10.9. The number of sulfone groups is 1. The molecule has 0 radical (unpaired) electrons. The van der Waals surface area contributed by atoms with E-state index in [-0.39, 0.29) is 0 Å². The molecule has 0 saturated carbocycles. The highest BCUT2D eigenvalue weighted by Crippen LogP contribution is 2.10. The van der Waals surface area contributed by atoms with Crippen LogP contribution < -0.4 is 5.73 Å². The lowest BCUT2D eigenvalue weighted by molar-refractivity contribution is 0.593. The summed E-state index contributed by atoms with van der Waals surface area (Å²) in [5.74, 6) is 0.314. The maximum atomic E-state index is 10.9. The zero-order valence-electron chi connectivity index (χ0n) is 10.4. The van der Waals surface area contributed by atoms with Crippen molar-refractivity contribution in [2.75, 3.05) is 17.7 Å². The van der Waals surface area contributed by atoms with E-state index in [0.29, 0.717) is 5.75 Å². The first kappa shape index (κ1) is 14.0. The lowest BCUT2D eigenvalue weighted by Gasteiger charge is -2.02. The van der Waals surface area contributed by atoms with Crippen molar-refractivity contribution in [3.8, 4) is 0 Å². The van der Waals surface area contributed by atoms with Gasteiger partial charge in [0.2, 0.25) is 0 Å². The molecule has 0 bridgehead atoms. The Morgan fingerprint density at radius 2 is 1.59 bits per heavy atom. The molecule has 2 N–H and O–H groups in total. The number of nitrogen functional groups attached to an aromatic ring is 1. The number of nitrogens with two attached hydrogens (primary N) is 1. The predicted molar refractivity (Wildman–Crippen MR) is 72.7 cm³/mol. The normalized spacial score (nSPS) is 11.6. The van der Waals surface area contributed by atoms with Crippen molar-refractivity contribution in [2.24, 2.45) is 0 Å². The molecule has 0 atom stereocenters. The summed E-state index contributed by atoms with van der Waals surface area (Å²) >= 11 is 0. The smallest absolute Gasteiger partial charge is 0.147 e. The van der Waals surface area contributed by atoms with E-state index in [1.54, 1.807) is 0 Å². The van der Waals surface area contributed by atoms with Gasteiger partial charge in [-0.2, -0.15) is 0 Å². The van der Waals surface area contributed by atoms with E-state index in [1.807, 2.05) is 24.3 Å². The van der Waals surface area contributed by atoms with E-state index >= 15 is 0 Å². The Kier molecular flexibility index (Phi) is 5.48. The molecule has 0 unspecified atom stereocenters. The number of anilines is 1. The summed E-state index contributed by atoms with van der Waals surface area (Å²) in [5, 5.41) is 0. The van der Waals surface area contributed by atoms with Gasteiger partial charge in [-0.3, -0.25) is 0 Å². The van der Waals surface area contributed by atoms with Crippen molar-refractivity contribution in [3.05, 3.63) is 29.8 Å². The van der Waals surface area contributed by atoms with Crippen LogP contribution in [0.25, 0.3) is 0 Å². The van der Waals surface area contributed by atoms with Gasteiger partial charge in [-0.25, -0.2) is 8.42 Å². The van der Waals surface area contributed by atoms with Crippen molar-refractivity contribution in [1.82, 2.24) is 0 Å². The first-order valence-electron chi connectivity index (χ1n) is 5.99. The Bertz CT molecular complexity index is 423. The molecular weight excluding hydrogens is 234 g/mol. The Morgan fingerprint density at radius 3 is 2.18 bits per heavy atom. The highest BCUT2D eigenvalue weighted by molar-refractivity contribution is 7.90. The van der Waals surface area contributed by atoms with E-state index in [9.17, 15) is 8.42 Å². The summed E-state index contributed by atoms with van der Waals surface area (Å²) in [7, 11) is -2.78. The summed E-state index contributed by atoms with van der Waals surface area (Å²) in [4.78, 5) is 0. The third-order valence-corrected chi connectivity index (χ3v) is 3.74. The molecule has 0 fully saturated rings. The molecule has 1 rings (SSSR count). The van der Waals surface area contributed by atoms with Crippen molar-refractivity contribution in [2.45, 2.75) is 32.1 Å². The minimum atomic E-state index is -2.78. The standard InChI is InChI=1S/C13H21NO2S/c1-17(15,16)11-5-3-2-4-6-12-7-9-13(14)10-8-12/h7-10H,2-6,11,14H2,1H3. The molecule has 96 valence electrons. The Balaban J connectivity index is 2.10. The fourth-order valence-electron chi connectivity index (χ4n) is 1.73. The number of aryl methyl sites for hydroxylation is 1. The zero-order chi connectivity index (χ0) is 12.7. The molecule has 0 aliphatic carbocycles. The van der Waals surface area contributed by atoms with Crippen molar-refractivity contribution >= 4 is 15.5 Å². The number of hydrogen-bond donors (Lipinski definition) is 1. The van der Waals surface area contributed by atoms with Gasteiger partial charge in [0.25, 0.3) is 0 Å². The van der Waals surface area contributed by atoms with Gasteiger partial charge in [-0.15, -0.1) is 0 Å². The van der Waals surface area contributed by atoms with Gasteiger partial charge >= 0.3 is 0 Å². The quantitative estimate of drug-likeness (QED) is 0.601. The molecule has 4 heteroatoms. The fraction of sp³-hybridized carbons (Fsp3) is 0.538. The second-order valence-electron chi connectivity index (χ2n) is 4.54. The van der Waals surface area contributed by atoms with Gasteiger partial charge < -0.3 is 5.73 Å². The second kappa shape index (κ2) is 6.64. The van der Waals surface area contributed by atoms with Crippen molar-refractivity contribution < 1.29 is 8.42 Å². The van der Waals surface area contributed by atoms with Gasteiger partial charge in [0.1, 0.15) is 9.84 Å². The van der Waals surface area contributed by atoms with Crippen LogP contribution in [0.15, 0.2) is 24.3 Å². The van der Waals surface area contributed by atoms with Crippen LogP contribution in [0.5, 0.6) is 0 Å². The van der Waals surface area contributed by atoms with Crippen LogP contribution >= 0.6 is 0 Å². The first-order chi connectivity index (χ1) is 7.97. The van der Waals surface area contributed by atoms with Crippen molar-refractivity contribution in [3.63, 3.8) is 0 Å². The zero-order valence-corrected chi connectivity index (χ0v) is 11.2. The number of rotatable bonds is 7. The molecule has 3 nitrogen and oxygen atoms in total. The van der Waals surface area contributed by atoms with E-state index in [1.165, 1.54) is 11.8 Å². The maximum Gasteiger partial charge on any atom is 0.147 e. The second-order valence-corrected chi connectivity index (χ2v) is 6.80. The minimum absolute atomic E-state index is 0.314. The number of benzene rings is 1. The molecule has 0 saturated heterocycles. The van der Waals surface area contributed by atoms with Gasteiger partial charge in [-0.05, 0) is 37.0 Å². The number of hydrogen-bond acceptors (Lipinski definition) is 3. The molecule has 1 aromatic rings. The van der Waals surface area contributed by atoms with Crippen LogP contribution in [-0.4, -0.2) is 20.4 Å². The van der Waals surface area contributed by atoms with Crippen molar-refractivity contribution in [1.29, 1.82) is 0 Å². The van der Waals surface area contributed by atoms with Crippen LogP contribution in [0.4, 0.5) is 5.69 Å². The van der Waals surface area contributed by atoms with Gasteiger partial charge in [0.05, 0.1) is 0 Å². The molecule has 1 aromatic carbocycles. The molecule has 0 spiro atoms. The summed E-state index contributed by atoms with van der Waals surface area (Å²) in [6.45, 7) is 0. The summed E-state index contributed by atoms with van der Waals surface area (Å²) < 4.78 is 21.8. The lowest BCUT2D eigenvalue weighted by atomic mass is 10.1. The molecule has 0 aromatic heterocycles. The van der Waals surface area contributed by atoms with Crippen LogP contribution in [0.3, 0.4) is 0 Å². The SMILES string of the molecule is CS(=O)(=O)CCCCCCc1ccc(N)cc1. The highest BCUT2D eigenvalue weighted by atomic mass is 32.2. The Morgan fingerprint density at radius 1 is 1.00 bits per heavy atom. The molecule has 0 heterocycles. The lowest BCUT2D eigenvalue weighted by Crippen LogP contribution is -2.02. The average Bonchev–Trinajstić information content (AvgIpc) is 2.24. The monoisotopic (exact) mass is 255 g/mol. The number of unbranched alkanes of at least 4 members (excludes halogenated alkanes) is 3. The van der Waals surface area contributed by atoms with Gasteiger partial charge in [0.15, 0.2) is 0 Å². The summed E-state index contributed by atoms with van der Waals surface area (Å²) in [5.41, 5.74) is 7.69. The van der Waals surface area contributed by atoms with E-state index in [2.05, 4.69) is 0 Å². The van der Waals surface area contributed by atoms with E-state index in [4.69, 9.17) is 5.73 Å². The van der Waals surface area contributed by atoms with Crippen LogP contribution in [-0.2, 0) is 16.3 Å². The molecular formula is C13H21NO2S. The van der Waals surface area contributed by atoms with Crippen LogP contribution in [0.2, 0.25) is 0 Å². The molecule has 0 aliphatic rings. The Hall–Kier alpha value is -1.03. The highest BCUT2D eigenvalue weighted by Gasteiger charge is 2.01. The minimum Gasteiger partial charge on any atom is -0.399 e. The molecule has 0 amide bonds. The van der Waals surface area contributed by atoms with Gasteiger partial charge in [0, 0.05) is 17.7 Å². The fourth-order valence-corrected chi connectivity index (χ4v) is 2.46. The van der Waals surface area contributed by atoms with Crippen LogP contribution in [0.1, 0.15) is 31.2 Å². The van der Waals surface area contributed by atoms with E-state index < -0.39 is 9.84 Å². The summed E-state index contributed by atoms with van der Waals surface area (Å²) in [6.07, 6.45) is 6.29. The topological polar surface area (TPSA) is 60.2 Å². The third kappa shape index (κ3) is 7.00. The largest absolute Gasteiger partial charge is 0.399 e. The average molecular weight is 255 g/mol. The molecule has 17 heavy (non-hydrogen) atoms. The predicted octanol–water partition coefficient (Wildman–Crippen LogP) is 2.42. The van der Waals surface area contributed by atoms with Crippen LogP contribution in [0, 0.1) is 0 Å². The van der Waals surface area contributed by atoms with Gasteiger partial charge in [-0.1, -0.05) is 25.0 Å². The Labute approximate surface area is 104 Å². The third-order valence-electron chi connectivity index (χ3n) is 2.71. The summed E-state index contributed by atoms with van der Waals surface area (Å²) in [6, 6.07) is 7.93. The molecule has 0 aliphatic heterocycles. The van der Waals surface area contributed by atoms with E-state index in [0.717, 1.165) is 37.8 Å².